The van der Waals surface area contributed by atoms with Crippen LogP contribution in [0.5, 0.6) is 5.75 Å². The first-order valence-electron chi connectivity index (χ1n) is 4.60. The van der Waals surface area contributed by atoms with Crippen molar-refractivity contribution in [2.45, 2.75) is 6.42 Å². The highest BCUT2D eigenvalue weighted by atomic mass is 35.5. The molecule has 3 N–H and O–H groups in total. The largest absolute Gasteiger partial charge is 0.486 e. The van der Waals surface area contributed by atoms with Gasteiger partial charge in [0.05, 0.1) is 18.0 Å². The number of halogens is 1. The molecule has 0 aliphatic heterocycles. The first-order chi connectivity index (χ1) is 8.04. The number of rotatable bonds is 5. The van der Waals surface area contributed by atoms with Gasteiger partial charge >= 0.3 is 5.69 Å². The smallest absolute Gasteiger partial charge is 0.311 e. The molecule has 0 fully saturated rings. The third kappa shape index (κ3) is 3.89. The minimum absolute atomic E-state index is 0.000166. The maximum atomic E-state index is 10.8. The summed E-state index contributed by atoms with van der Waals surface area (Å²) in [6.45, 7) is -0.0236. The third-order valence-electron chi connectivity index (χ3n) is 1.87. The Bertz CT molecular complexity index is 438. The second-order valence-electron chi connectivity index (χ2n) is 3.04. The van der Waals surface area contributed by atoms with Gasteiger partial charge < -0.3 is 4.74 Å². The summed E-state index contributed by atoms with van der Waals surface area (Å²) >= 11 is 5.69. The fourth-order valence-electron chi connectivity index (χ4n) is 1.08. The van der Waals surface area contributed by atoms with E-state index in [1.165, 1.54) is 18.2 Å². The SMILES string of the molecule is NNC(=O)CCOc1cc(Cl)ccc1[N+](=O)[O-]. The topological polar surface area (TPSA) is 107 Å². The van der Waals surface area contributed by atoms with E-state index >= 15 is 0 Å². The second kappa shape index (κ2) is 6.02. The fraction of sp³-hybridized carbons (Fsp3) is 0.222. The van der Waals surface area contributed by atoms with Crippen LogP contribution in [0.25, 0.3) is 0 Å². The Labute approximate surface area is 102 Å². The molecule has 1 aromatic rings. The van der Waals surface area contributed by atoms with Gasteiger partial charge in [-0.25, -0.2) is 5.84 Å². The molecule has 0 atom stereocenters. The molecule has 8 heteroatoms. The van der Waals surface area contributed by atoms with E-state index in [9.17, 15) is 14.9 Å². The molecule has 0 aliphatic carbocycles. The predicted octanol–water partition coefficient (Wildman–Crippen LogP) is 1.01. The molecular formula is C9H10ClN3O4. The van der Waals surface area contributed by atoms with Crippen LogP contribution >= 0.6 is 11.6 Å². The van der Waals surface area contributed by atoms with Crippen LogP contribution in [0.1, 0.15) is 6.42 Å². The summed E-state index contributed by atoms with van der Waals surface area (Å²) in [5, 5.41) is 11.0. The summed E-state index contributed by atoms with van der Waals surface area (Å²) in [4.78, 5) is 20.9. The van der Waals surface area contributed by atoms with E-state index in [4.69, 9.17) is 22.2 Å². The summed E-state index contributed by atoms with van der Waals surface area (Å²) in [6.07, 6.45) is 0.000166. The Morgan fingerprint density at radius 1 is 1.59 bits per heavy atom. The quantitative estimate of drug-likeness (QED) is 0.355. The molecule has 0 unspecified atom stereocenters. The molecule has 1 amide bonds. The Hall–Kier alpha value is -1.86. The molecule has 0 bridgehead atoms. The van der Waals surface area contributed by atoms with Gasteiger partial charge in [0.15, 0.2) is 5.75 Å². The number of nitro groups is 1. The van der Waals surface area contributed by atoms with Crippen molar-refractivity contribution in [3.63, 3.8) is 0 Å². The molecule has 1 aromatic carbocycles. The van der Waals surface area contributed by atoms with Gasteiger partial charge in [-0.3, -0.25) is 20.3 Å². The number of nitrogens with zero attached hydrogens (tertiary/aromatic N) is 1. The molecule has 17 heavy (non-hydrogen) atoms. The zero-order valence-corrected chi connectivity index (χ0v) is 9.44. The van der Waals surface area contributed by atoms with E-state index in [2.05, 4.69) is 0 Å². The second-order valence-corrected chi connectivity index (χ2v) is 3.47. The van der Waals surface area contributed by atoms with Gasteiger partial charge in [-0.1, -0.05) is 11.6 Å². The van der Waals surface area contributed by atoms with Crippen molar-refractivity contribution in [3.8, 4) is 5.75 Å². The summed E-state index contributed by atoms with van der Waals surface area (Å²) in [5.41, 5.74) is 1.72. The van der Waals surface area contributed by atoms with Crippen molar-refractivity contribution in [3.05, 3.63) is 33.3 Å². The molecule has 0 spiro atoms. The zero-order chi connectivity index (χ0) is 12.8. The highest BCUT2D eigenvalue weighted by Gasteiger charge is 2.15. The molecule has 0 radical (unpaired) electrons. The molecular weight excluding hydrogens is 250 g/mol. The lowest BCUT2D eigenvalue weighted by atomic mass is 10.3. The lowest BCUT2D eigenvalue weighted by Crippen LogP contribution is -2.31. The molecule has 1 rings (SSSR count). The van der Waals surface area contributed by atoms with Gasteiger partial charge in [0, 0.05) is 17.2 Å². The number of nitro benzene ring substituents is 1. The van der Waals surface area contributed by atoms with Gasteiger partial charge in [-0.2, -0.15) is 0 Å². The molecule has 92 valence electrons. The Balaban J connectivity index is 2.72. The Morgan fingerprint density at radius 3 is 2.88 bits per heavy atom. The number of hydrogen-bond acceptors (Lipinski definition) is 5. The van der Waals surface area contributed by atoms with E-state index in [1.807, 2.05) is 5.43 Å². The van der Waals surface area contributed by atoms with Crippen LogP contribution < -0.4 is 16.0 Å². The van der Waals surface area contributed by atoms with E-state index in [-0.39, 0.29) is 24.5 Å². The Kier molecular flexibility index (Phi) is 4.68. The van der Waals surface area contributed by atoms with Gasteiger partial charge in [0.2, 0.25) is 5.91 Å². The first-order valence-corrected chi connectivity index (χ1v) is 4.98. The number of ether oxygens (including phenoxy) is 1. The molecule has 0 aliphatic rings. The van der Waals surface area contributed by atoms with Gasteiger partial charge in [0.25, 0.3) is 0 Å². The minimum atomic E-state index is -0.589. The van der Waals surface area contributed by atoms with Crippen molar-refractivity contribution in [2.75, 3.05) is 6.61 Å². The van der Waals surface area contributed by atoms with Crippen molar-refractivity contribution in [1.29, 1.82) is 0 Å². The summed E-state index contributed by atoms with van der Waals surface area (Å²) < 4.78 is 5.11. The number of carbonyl (C=O) groups is 1. The van der Waals surface area contributed by atoms with Crippen molar-refractivity contribution >= 4 is 23.2 Å². The molecule has 0 saturated heterocycles. The standard InChI is InChI=1S/C9H10ClN3O4/c10-6-1-2-7(13(15)16)8(5-6)17-4-3-9(14)12-11/h1-2,5H,3-4,11H2,(H,12,14). The van der Waals surface area contributed by atoms with Crippen LogP contribution in [0.15, 0.2) is 18.2 Å². The third-order valence-corrected chi connectivity index (χ3v) is 2.10. The maximum absolute atomic E-state index is 10.8. The van der Waals surface area contributed by atoms with Crippen LogP contribution in [0, 0.1) is 10.1 Å². The number of amides is 1. The number of hydrogen-bond donors (Lipinski definition) is 2. The van der Waals surface area contributed by atoms with Crippen molar-refractivity contribution in [2.24, 2.45) is 5.84 Å². The average molecular weight is 260 g/mol. The molecule has 0 heterocycles. The van der Waals surface area contributed by atoms with Crippen LogP contribution in [0.4, 0.5) is 5.69 Å². The minimum Gasteiger partial charge on any atom is -0.486 e. The van der Waals surface area contributed by atoms with Crippen LogP contribution in [-0.4, -0.2) is 17.4 Å². The highest BCUT2D eigenvalue weighted by Crippen LogP contribution is 2.29. The van der Waals surface area contributed by atoms with E-state index in [1.54, 1.807) is 0 Å². The Morgan fingerprint density at radius 2 is 2.29 bits per heavy atom. The maximum Gasteiger partial charge on any atom is 0.311 e. The number of hydrazine groups is 1. The summed E-state index contributed by atoms with van der Waals surface area (Å²) in [6, 6.07) is 3.94. The lowest BCUT2D eigenvalue weighted by molar-refractivity contribution is -0.385. The van der Waals surface area contributed by atoms with Crippen molar-refractivity contribution < 1.29 is 14.5 Å². The summed E-state index contributed by atoms with van der Waals surface area (Å²) in [5.74, 6) is 4.47. The molecule has 0 saturated carbocycles. The van der Waals surface area contributed by atoms with Crippen molar-refractivity contribution in [1.82, 2.24) is 5.43 Å². The summed E-state index contributed by atoms with van der Waals surface area (Å²) in [7, 11) is 0. The highest BCUT2D eigenvalue weighted by molar-refractivity contribution is 6.30. The number of nitrogens with one attached hydrogen (secondary N) is 1. The molecule has 0 aromatic heterocycles. The normalized spacial score (nSPS) is 9.76. The van der Waals surface area contributed by atoms with E-state index in [0.29, 0.717) is 5.02 Å². The monoisotopic (exact) mass is 259 g/mol. The number of carbonyl (C=O) groups excluding carboxylic acids is 1. The fourth-order valence-corrected chi connectivity index (χ4v) is 1.24. The van der Waals surface area contributed by atoms with E-state index < -0.39 is 10.8 Å². The predicted molar refractivity (Wildman–Crippen MR) is 60.5 cm³/mol. The van der Waals surface area contributed by atoms with Gasteiger partial charge in [-0.15, -0.1) is 0 Å². The van der Waals surface area contributed by atoms with E-state index in [0.717, 1.165) is 0 Å². The van der Waals surface area contributed by atoms with Crippen LogP contribution in [-0.2, 0) is 4.79 Å². The number of benzene rings is 1. The molecule has 7 nitrogen and oxygen atoms in total. The van der Waals surface area contributed by atoms with Gasteiger partial charge in [-0.05, 0) is 6.07 Å². The first kappa shape index (κ1) is 13.2. The zero-order valence-electron chi connectivity index (χ0n) is 8.68. The van der Waals surface area contributed by atoms with Gasteiger partial charge in [0.1, 0.15) is 0 Å². The lowest BCUT2D eigenvalue weighted by Gasteiger charge is -2.06. The number of nitrogens with two attached hydrogens (primary N) is 1. The van der Waals surface area contributed by atoms with Crippen LogP contribution in [0.2, 0.25) is 5.02 Å². The van der Waals surface area contributed by atoms with Crippen LogP contribution in [0.3, 0.4) is 0 Å². The average Bonchev–Trinajstić information content (AvgIpc) is 2.28.